The topological polar surface area (TPSA) is 55.4 Å². The summed E-state index contributed by atoms with van der Waals surface area (Å²) in [6, 6.07) is 2.84. The van der Waals surface area contributed by atoms with Gasteiger partial charge in [-0.05, 0) is 37.6 Å². The lowest BCUT2D eigenvalue weighted by Gasteiger charge is -2.06. The Morgan fingerprint density at radius 3 is 2.45 bits per heavy atom. The Morgan fingerprint density at radius 2 is 1.86 bits per heavy atom. The molecule has 22 heavy (non-hydrogen) atoms. The van der Waals surface area contributed by atoms with Crippen LogP contribution in [0.4, 0.5) is 13.8 Å². The Hall–Kier alpha value is -2.28. The molecule has 0 bridgehead atoms. The second-order valence-corrected chi connectivity index (χ2v) is 5.79. The molecule has 4 nitrogen and oxygen atoms in total. The molecule has 0 atom stereocenters. The zero-order chi connectivity index (χ0) is 16.4. The number of esters is 1. The van der Waals surface area contributed by atoms with Gasteiger partial charge in [0, 0.05) is 10.4 Å². The largest absolute Gasteiger partial charge is 0.465 e. The summed E-state index contributed by atoms with van der Waals surface area (Å²) in [4.78, 5) is 24.8. The maximum absolute atomic E-state index is 13.2. The predicted octanol–water partition coefficient (Wildman–Crippen LogP) is 3.68. The summed E-state index contributed by atoms with van der Waals surface area (Å²) in [6.45, 7) is 3.55. The van der Waals surface area contributed by atoms with Gasteiger partial charge in [-0.1, -0.05) is 0 Å². The van der Waals surface area contributed by atoms with E-state index in [1.54, 1.807) is 13.8 Å². The minimum Gasteiger partial charge on any atom is -0.465 e. The molecule has 116 valence electrons. The van der Waals surface area contributed by atoms with Gasteiger partial charge in [0.05, 0.1) is 12.7 Å². The van der Waals surface area contributed by atoms with Crippen molar-refractivity contribution >= 4 is 28.2 Å². The van der Waals surface area contributed by atoms with Gasteiger partial charge in [-0.25, -0.2) is 13.6 Å². The molecule has 1 N–H and O–H groups in total. The Balaban J connectivity index is 2.34. The highest BCUT2D eigenvalue weighted by molar-refractivity contribution is 7.16. The average Bonchev–Trinajstić information content (AvgIpc) is 2.75. The summed E-state index contributed by atoms with van der Waals surface area (Å²) < 4.78 is 30.8. The lowest BCUT2D eigenvalue weighted by Crippen LogP contribution is -2.14. The standard InChI is InChI=1S/C15H13F2NO3S/c1-7-8(2)22-14(12(7)15(20)21-3)18-13(19)9-4-5-10(16)11(17)6-9/h4-6H,1-3H3,(H,18,19). The fourth-order valence-corrected chi connectivity index (χ4v) is 2.92. The number of nitrogens with one attached hydrogen (secondary N) is 1. The van der Waals surface area contributed by atoms with E-state index in [-0.39, 0.29) is 11.1 Å². The number of aryl methyl sites for hydroxylation is 1. The molecule has 1 amide bonds. The Kier molecular flexibility index (Phi) is 4.56. The van der Waals surface area contributed by atoms with Crippen LogP contribution in [0.3, 0.4) is 0 Å². The van der Waals surface area contributed by atoms with Crippen LogP contribution in [-0.4, -0.2) is 19.0 Å². The normalized spacial score (nSPS) is 10.4. The van der Waals surface area contributed by atoms with Gasteiger partial charge in [-0.15, -0.1) is 11.3 Å². The number of hydrogen-bond acceptors (Lipinski definition) is 4. The van der Waals surface area contributed by atoms with E-state index < -0.39 is 23.5 Å². The van der Waals surface area contributed by atoms with Gasteiger partial charge >= 0.3 is 5.97 Å². The second-order valence-electron chi connectivity index (χ2n) is 4.56. The van der Waals surface area contributed by atoms with Crippen molar-refractivity contribution in [1.82, 2.24) is 0 Å². The number of halogens is 2. The number of rotatable bonds is 3. The molecule has 0 unspecified atom stereocenters. The number of carbonyl (C=O) groups is 2. The number of anilines is 1. The molecular weight excluding hydrogens is 312 g/mol. The Labute approximate surface area is 129 Å². The molecule has 2 rings (SSSR count). The fraction of sp³-hybridized carbons (Fsp3) is 0.200. The highest BCUT2D eigenvalue weighted by Gasteiger charge is 2.22. The highest BCUT2D eigenvalue weighted by Crippen LogP contribution is 2.33. The third kappa shape index (κ3) is 2.99. The summed E-state index contributed by atoms with van der Waals surface area (Å²) in [5.41, 5.74) is 0.928. The number of carbonyl (C=O) groups excluding carboxylic acids is 2. The van der Waals surface area contributed by atoms with E-state index in [9.17, 15) is 18.4 Å². The zero-order valence-electron chi connectivity index (χ0n) is 12.1. The third-order valence-corrected chi connectivity index (χ3v) is 4.31. The van der Waals surface area contributed by atoms with Gasteiger partial charge in [0.1, 0.15) is 5.00 Å². The van der Waals surface area contributed by atoms with Crippen molar-refractivity contribution in [3.63, 3.8) is 0 Å². The molecule has 7 heteroatoms. The molecule has 0 aliphatic carbocycles. The summed E-state index contributed by atoms with van der Waals surface area (Å²) in [7, 11) is 1.25. The maximum atomic E-state index is 13.2. The molecular formula is C15H13F2NO3S. The van der Waals surface area contributed by atoms with Gasteiger partial charge < -0.3 is 10.1 Å². The second kappa shape index (κ2) is 6.23. The van der Waals surface area contributed by atoms with E-state index in [1.807, 2.05) is 0 Å². The number of ether oxygens (including phenoxy) is 1. The first-order valence-corrected chi connectivity index (χ1v) is 7.11. The quantitative estimate of drug-likeness (QED) is 0.876. The SMILES string of the molecule is COC(=O)c1c(NC(=O)c2ccc(F)c(F)c2)sc(C)c1C. The third-order valence-electron chi connectivity index (χ3n) is 3.18. The van der Waals surface area contributed by atoms with Crippen molar-refractivity contribution in [2.75, 3.05) is 12.4 Å². The van der Waals surface area contributed by atoms with Crippen LogP contribution in [0.2, 0.25) is 0 Å². The molecule has 0 saturated heterocycles. The van der Waals surface area contributed by atoms with Gasteiger partial charge in [0.2, 0.25) is 0 Å². The van der Waals surface area contributed by atoms with Crippen molar-refractivity contribution in [1.29, 1.82) is 0 Å². The first-order chi connectivity index (χ1) is 10.3. The van der Waals surface area contributed by atoms with Gasteiger partial charge in [0.15, 0.2) is 11.6 Å². The Morgan fingerprint density at radius 1 is 1.18 bits per heavy atom. The van der Waals surface area contributed by atoms with E-state index in [1.165, 1.54) is 24.5 Å². The fourth-order valence-electron chi connectivity index (χ4n) is 1.88. The summed E-state index contributed by atoms with van der Waals surface area (Å²) in [5.74, 6) is -3.35. The molecule has 0 fully saturated rings. The monoisotopic (exact) mass is 325 g/mol. The van der Waals surface area contributed by atoms with Crippen LogP contribution in [0.1, 0.15) is 31.2 Å². The maximum Gasteiger partial charge on any atom is 0.341 e. The lowest BCUT2D eigenvalue weighted by molar-refractivity contribution is 0.0601. The van der Waals surface area contributed by atoms with E-state index in [0.717, 1.165) is 17.0 Å². The molecule has 0 radical (unpaired) electrons. The zero-order valence-corrected chi connectivity index (χ0v) is 12.9. The molecule has 0 spiro atoms. The molecule has 2 aromatic rings. The van der Waals surface area contributed by atoms with Gasteiger partial charge in [0.25, 0.3) is 5.91 Å². The van der Waals surface area contributed by atoms with Crippen LogP contribution in [0.25, 0.3) is 0 Å². The minimum absolute atomic E-state index is 0.0431. The number of thiophene rings is 1. The van der Waals surface area contributed by atoms with Crippen molar-refractivity contribution in [3.05, 3.63) is 51.4 Å². The number of hydrogen-bond donors (Lipinski definition) is 1. The van der Waals surface area contributed by atoms with Gasteiger partial charge in [-0.2, -0.15) is 0 Å². The minimum atomic E-state index is -1.11. The molecule has 0 aliphatic rings. The molecule has 1 aromatic heterocycles. The molecule has 1 heterocycles. The lowest BCUT2D eigenvalue weighted by atomic mass is 10.1. The summed E-state index contributed by atoms with van der Waals surface area (Å²) >= 11 is 1.21. The van der Waals surface area contributed by atoms with Crippen molar-refractivity contribution in [2.45, 2.75) is 13.8 Å². The van der Waals surface area contributed by atoms with Crippen LogP contribution < -0.4 is 5.32 Å². The Bertz CT molecular complexity index is 755. The average molecular weight is 325 g/mol. The van der Waals surface area contributed by atoms with Crippen LogP contribution in [0, 0.1) is 25.5 Å². The molecule has 0 aliphatic heterocycles. The first kappa shape index (κ1) is 16.1. The van der Waals surface area contributed by atoms with E-state index in [2.05, 4.69) is 5.32 Å². The van der Waals surface area contributed by atoms with Crippen LogP contribution in [0.5, 0.6) is 0 Å². The summed E-state index contributed by atoms with van der Waals surface area (Å²) in [6.07, 6.45) is 0. The highest BCUT2D eigenvalue weighted by atomic mass is 32.1. The van der Waals surface area contributed by atoms with Gasteiger partial charge in [-0.3, -0.25) is 4.79 Å². The number of amides is 1. The van der Waals surface area contributed by atoms with Crippen LogP contribution in [-0.2, 0) is 4.74 Å². The summed E-state index contributed by atoms with van der Waals surface area (Å²) in [5, 5.41) is 2.86. The van der Waals surface area contributed by atoms with Crippen LogP contribution >= 0.6 is 11.3 Å². The smallest absolute Gasteiger partial charge is 0.341 e. The number of benzene rings is 1. The van der Waals surface area contributed by atoms with Crippen molar-refractivity contribution in [2.24, 2.45) is 0 Å². The van der Waals surface area contributed by atoms with E-state index >= 15 is 0 Å². The van der Waals surface area contributed by atoms with E-state index in [4.69, 9.17) is 4.74 Å². The van der Waals surface area contributed by atoms with Crippen molar-refractivity contribution in [3.8, 4) is 0 Å². The van der Waals surface area contributed by atoms with E-state index in [0.29, 0.717) is 10.6 Å². The van der Waals surface area contributed by atoms with Crippen LogP contribution in [0.15, 0.2) is 18.2 Å². The first-order valence-electron chi connectivity index (χ1n) is 6.29. The number of methoxy groups -OCH3 is 1. The molecule has 1 aromatic carbocycles. The predicted molar refractivity (Wildman–Crippen MR) is 79.4 cm³/mol. The van der Waals surface area contributed by atoms with Crippen molar-refractivity contribution < 1.29 is 23.1 Å². The molecule has 0 saturated carbocycles.